The highest BCUT2D eigenvalue weighted by atomic mass is 16.5. The monoisotopic (exact) mass is 337 g/mol. The Labute approximate surface area is 147 Å². The zero-order chi connectivity index (χ0) is 17.8. The number of carbonyl (C=O) groups excluding carboxylic acids is 1. The quantitative estimate of drug-likeness (QED) is 0.721. The number of carbonyl (C=O) groups is 1. The van der Waals surface area contributed by atoms with E-state index >= 15 is 0 Å². The van der Waals surface area contributed by atoms with Crippen molar-refractivity contribution >= 4 is 16.9 Å². The highest BCUT2D eigenvalue weighted by Gasteiger charge is 2.08. The molecular weight excluding hydrogens is 314 g/mol. The molecule has 0 aliphatic rings. The SMILES string of the molecule is Cc1cc(OCC(=O)NCc2nc3ccccc3[nH]2)ccc1C(C)C. The van der Waals surface area contributed by atoms with Gasteiger partial charge in [0.25, 0.3) is 5.91 Å². The fourth-order valence-electron chi connectivity index (χ4n) is 2.86. The van der Waals surface area contributed by atoms with Crippen LogP contribution in [0.4, 0.5) is 0 Å². The van der Waals surface area contributed by atoms with Crippen molar-refractivity contribution in [2.75, 3.05) is 6.61 Å². The van der Waals surface area contributed by atoms with Crippen LogP contribution in [0.25, 0.3) is 11.0 Å². The molecule has 1 heterocycles. The van der Waals surface area contributed by atoms with Crippen molar-refractivity contribution in [2.45, 2.75) is 33.2 Å². The van der Waals surface area contributed by atoms with Crippen molar-refractivity contribution in [3.05, 3.63) is 59.4 Å². The lowest BCUT2D eigenvalue weighted by molar-refractivity contribution is -0.123. The van der Waals surface area contributed by atoms with Crippen molar-refractivity contribution in [3.63, 3.8) is 0 Å². The van der Waals surface area contributed by atoms with Gasteiger partial charge in [-0.1, -0.05) is 32.0 Å². The van der Waals surface area contributed by atoms with Crippen molar-refractivity contribution in [2.24, 2.45) is 0 Å². The van der Waals surface area contributed by atoms with Crippen LogP contribution in [0, 0.1) is 6.92 Å². The third-order valence-corrected chi connectivity index (χ3v) is 4.12. The molecular formula is C20H23N3O2. The molecule has 2 N–H and O–H groups in total. The van der Waals surface area contributed by atoms with E-state index in [0.29, 0.717) is 18.2 Å². The lowest BCUT2D eigenvalue weighted by atomic mass is 9.98. The van der Waals surface area contributed by atoms with Gasteiger partial charge in [-0.15, -0.1) is 0 Å². The van der Waals surface area contributed by atoms with E-state index in [9.17, 15) is 4.79 Å². The highest BCUT2D eigenvalue weighted by molar-refractivity contribution is 5.78. The molecule has 5 heteroatoms. The molecule has 25 heavy (non-hydrogen) atoms. The largest absolute Gasteiger partial charge is 0.484 e. The third kappa shape index (κ3) is 4.18. The van der Waals surface area contributed by atoms with Crippen LogP contribution in [0.15, 0.2) is 42.5 Å². The second-order valence-corrected chi connectivity index (χ2v) is 6.44. The number of nitrogens with one attached hydrogen (secondary N) is 2. The maximum Gasteiger partial charge on any atom is 0.258 e. The molecule has 5 nitrogen and oxygen atoms in total. The zero-order valence-corrected chi connectivity index (χ0v) is 14.8. The number of aryl methyl sites for hydroxylation is 1. The van der Waals surface area contributed by atoms with Gasteiger partial charge >= 0.3 is 0 Å². The van der Waals surface area contributed by atoms with Crippen LogP contribution < -0.4 is 10.1 Å². The number of para-hydroxylation sites is 2. The summed E-state index contributed by atoms with van der Waals surface area (Å²) >= 11 is 0. The summed E-state index contributed by atoms with van der Waals surface area (Å²) in [6.45, 7) is 6.72. The van der Waals surface area contributed by atoms with Gasteiger partial charge in [0.1, 0.15) is 11.6 Å². The number of H-pyrrole nitrogens is 1. The van der Waals surface area contributed by atoms with Crippen LogP contribution in [0.2, 0.25) is 0 Å². The van der Waals surface area contributed by atoms with Gasteiger partial charge in [-0.05, 0) is 48.2 Å². The van der Waals surface area contributed by atoms with E-state index in [2.05, 4.69) is 42.1 Å². The van der Waals surface area contributed by atoms with Crippen molar-refractivity contribution in [1.29, 1.82) is 0 Å². The Hall–Kier alpha value is -2.82. The van der Waals surface area contributed by atoms with Crippen LogP contribution >= 0.6 is 0 Å². The summed E-state index contributed by atoms with van der Waals surface area (Å²) in [5.41, 5.74) is 4.32. The summed E-state index contributed by atoms with van der Waals surface area (Å²) < 4.78 is 5.59. The first kappa shape index (κ1) is 17.0. The fraction of sp³-hybridized carbons (Fsp3) is 0.300. The molecule has 0 aliphatic carbocycles. The van der Waals surface area contributed by atoms with Crippen LogP contribution in [0.1, 0.15) is 36.7 Å². The number of rotatable bonds is 6. The number of hydrogen-bond donors (Lipinski definition) is 2. The molecule has 3 aromatic rings. The summed E-state index contributed by atoms with van der Waals surface area (Å²) in [6, 6.07) is 13.7. The number of ether oxygens (including phenoxy) is 1. The lowest BCUT2D eigenvalue weighted by Crippen LogP contribution is -2.28. The first-order valence-electron chi connectivity index (χ1n) is 8.46. The Morgan fingerprint density at radius 1 is 1.24 bits per heavy atom. The van der Waals surface area contributed by atoms with Crippen molar-refractivity contribution in [1.82, 2.24) is 15.3 Å². The number of imidazole rings is 1. The molecule has 2 aromatic carbocycles. The summed E-state index contributed by atoms with van der Waals surface area (Å²) in [7, 11) is 0. The van der Waals surface area contributed by atoms with Gasteiger partial charge in [0.05, 0.1) is 17.6 Å². The molecule has 0 saturated carbocycles. The number of nitrogens with zero attached hydrogens (tertiary/aromatic N) is 1. The molecule has 0 saturated heterocycles. The second-order valence-electron chi connectivity index (χ2n) is 6.44. The van der Waals surface area contributed by atoms with Crippen LogP contribution in [-0.2, 0) is 11.3 Å². The Kier molecular flexibility index (Phi) is 5.03. The third-order valence-electron chi connectivity index (χ3n) is 4.12. The molecule has 1 aromatic heterocycles. The number of aromatic amines is 1. The minimum absolute atomic E-state index is 0.0132. The number of aromatic nitrogens is 2. The van der Waals surface area contributed by atoms with E-state index < -0.39 is 0 Å². The Morgan fingerprint density at radius 3 is 2.76 bits per heavy atom. The van der Waals surface area contributed by atoms with Gasteiger partial charge in [-0.3, -0.25) is 4.79 Å². The van der Waals surface area contributed by atoms with Gasteiger partial charge < -0.3 is 15.0 Å². The Bertz CT molecular complexity index is 851. The maximum atomic E-state index is 12.0. The molecule has 3 rings (SSSR count). The summed E-state index contributed by atoms with van der Waals surface area (Å²) in [6.07, 6.45) is 0. The molecule has 0 fully saturated rings. The maximum absolute atomic E-state index is 12.0. The number of benzene rings is 2. The molecule has 0 aliphatic heterocycles. The topological polar surface area (TPSA) is 67.0 Å². The molecule has 130 valence electrons. The fourth-order valence-corrected chi connectivity index (χ4v) is 2.86. The number of hydrogen-bond acceptors (Lipinski definition) is 3. The number of amides is 1. The molecule has 0 spiro atoms. The Morgan fingerprint density at radius 2 is 2.04 bits per heavy atom. The normalized spacial score (nSPS) is 11.0. The molecule has 0 bridgehead atoms. The minimum atomic E-state index is -0.175. The van der Waals surface area contributed by atoms with E-state index in [-0.39, 0.29) is 12.5 Å². The standard InChI is InChI=1S/C20H23N3O2/c1-13(2)16-9-8-15(10-14(16)3)25-12-20(24)21-11-19-22-17-6-4-5-7-18(17)23-19/h4-10,13H,11-12H2,1-3H3,(H,21,24)(H,22,23). The van der Waals surface area contributed by atoms with Gasteiger partial charge in [0.15, 0.2) is 6.61 Å². The van der Waals surface area contributed by atoms with Crippen LogP contribution in [0.5, 0.6) is 5.75 Å². The van der Waals surface area contributed by atoms with E-state index in [1.54, 1.807) is 0 Å². The minimum Gasteiger partial charge on any atom is -0.484 e. The van der Waals surface area contributed by atoms with Gasteiger partial charge in [0, 0.05) is 0 Å². The first-order chi connectivity index (χ1) is 12.0. The average molecular weight is 337 g/mol. The van der Waals surface area contributed by atoms with Gasteiger partial charge in [-0.2, -0.15) is 0 Å². The predicted molar refractivity (Wildman–Crippen MR) is 98.7 cm³/mol. The van der Waals surface area contributed by atoms with Gasteiger partial charge in [-0.25, -0.2) is 4.98 Å². The smallest absolute Gasteiger partial charge is 0.258 e. The van der Waals surface area contributed by atoms with E-state index in [1.165, 1.54) is 11.1 Å². The first-order valence-corrected chi connectivity index (χ1v) is 8.46. The van der Waals surface area contributed by atoms with Crippen molar-refractivity contribution in [3.8, 4) is 5.75 Å². The number of fused-ring (bicyclic) bond motifs is 1. The highest BCUT2D eigenvalue weighted by Crippen LogP contribution is 2.23. The van der Waals surface area contributed by atoms with E-state index in [4.69, 9.17) is 4.74 Å². The van der Waals surface area contributed by atoms with Crippen molar-refractivity contribution < 1.29 is 9.53 Å². The summed E-state index contributed by atoms with van der Waals surface area (Å²) in [5, 5.41) is 2.82. The van der Waals surface area contributed by atoms with E-state index in [1.807, 2.05) is 36.4 Å². The van der Waals surface area contributed by atoms with E-state index in [0.717, 1.165) is 16.9 Å². The second kappa shape index (κ2) is 7.38. The molecule has 1 amide bonds. The summed E-state index contributed by atoms with van der Waals surface area (Å²) in [4.78, 5) is 19.6. The zero-order valence-electron chi connectivity index (χ0n) is 14.8. The molecule has 0 unspecified atom stereocenters. The molecule has 0 atom stereocenters. The Balaban J connectivity index is 1.52. The van der Waals surface area contributed by atoms with Crippen LogP contribution in [-0.4, -0.2) is 22.5 Å². The van der Waals surface area contributed by atoms with Gasteiger partial charge in [0.2, 0.25) is 0 Å². The average Bonchev–Trinajstić information content (AvgIpc) is 3.01. The molecule has 0 radical (unpaired) electrons. The lowest BCUT2D eigenvalue weighted by Gasteiger charge is -2.12. The summed E-state index contributed by atoms with van der Waals surface area (Å²) in [5.74, 6) is 1.74. The van der Waals surface area contributed by atoms with Crippen LogP contribution in [0.3, 0.4) is 0 Å². The predicted octanol–water partition coefficient (Wildman–Crippen LogP) is 3.69.